The second kappa shape index (κ2) is 4.67. The number of carbonyl (C=O) groups is 1. The van der Waals surface area contributed by atoms with Gasteiger partial charge in [0.05, 0.1) is 17.2 Å². The van der Waals surface area contributed by atoms with Gasteiger partial charge in [-0.15, -0.1) is 0 Å². The Morgan fingerprint density at radius 1 is 1.10 bits per heavy atom. The van der Waals surface area contributed by atoms with E-state index in [1.807, 2.05) is 31.2 Å². The van der Waals surface area contributed by atoms with Crippen molar-refractivity contribution >= 4 is 16.7 Å². The molecule has 1 heterocycles. The number of nitriles is 1. The van der Waals surface area contributed by atoms with Crippen molar-refractivity contribution in [2.45, 2.75) is 6.92 Å². The van der Waals surface area contributed by atoms with Crippen molar-refractivity contribution in [3.63, 3.8) is 0 Å². The van der Waals surface area contributed by atoms with Crippen LogP contribution in [0.3, 0.4) is 0 Å². The molecule has 0 bridgehead atoms. The molecule has 96 valence electrons. The minimum Gasteiger partial charge on any atom is -0.358 e. The lowest BCUT2D eigenvalue weighted by atomic mass is 10.00. The summed E-state index contributed by atoms with van der Waals surface area (Å²) in [5.74, 6) is -0.0237. The van der Waals surface area contributed by atoms with Crippen LogP contribution in [-0.4, -0.2) is 10.8 Å². The molecule has 3 rings (SSSR count). The van der Waals surface area contributed by atoms with Crippen molar-refractivity contribution in [3.8, 4) is 6.07 Å². The van der Waals surface area contributed by atoms with Crippen molar-refractivity contribution in [1.29, 1.82) is 5.26 Å². The van der Waals surface area contributed by atoms with Gasteiger partial charge in [0, 0.05) is 22.2 Å². The van der Waals surface area contributed by atoms with E-state index in [9.17, 15) is 4.79 Å². The lowest BCUT2D eigenvalue weighted by Gasteiger charge is -2.01. The Morgan fingerprint density at radius 2 is 1.80 bits per heavy atom. The van der Waals surface area contributed by atoms with Crippen LogP contribution in [0.1, 0.15) is 27.2 Å². The van der Waals surface area contributed by atoms with E-state index in [0.717, 1.165) is 16.6 Å². The molecule has 0 saturated heterocycles. The van der Waals surface area contributed by atoms with E-state index in [1.165, 1.54) is 0 Å². The highest BCUT2D eigenvalue weighted by Crippen LogP contribution is 2.24. The molecule has 0 spiro atoms. The second-order valence-electron chi connectivity index (χ2n) is 4.69. The van der Waals surface area contributed by atoms with E-state index in [4.69, 9.17) is 5.26 Å². The topological polar surface area (TPSA) is 56.6 Å². The summed E-state index contributed by atoms with van der Waals surface area (Å²) >= 11 is 0. The van der Waals surface area contributed by atoms with Gasteiger partial charge in [0.15, 0.2) is 5.78 Å². The molecule has 0 fully saturated rings. The first-order chi connectivity index (χ1) is 9.70. The van der Waals surface area contributed by atoms with Crippen LogP contribution in [0.15, 0.2) is 48.5 Å². The molecule has 2 aromatic carbocycles. The molecule has 0 unspecified atom stereocenters. The number of H-pyrrole nitrogens is 1. The zero-order valence-corrected chi connectivity index (χ0v) is 11.0. The van der Waals surface area contributed by atoms with Crippen LogP contribution in [0, 0.1) is 18.3 Å². The third kappa shape index (κ3) is 1.88. The van der Waals surface area contributed by atoms with Crippen LogP contribution >= 0.6 is 0 Å². The molecule has 3 nitrogen and oxygen atoms in total. The van der Waals surface area contributed by atoms with E-state index in [0.29, 0.717) is 16.7 Å². The summed E-state index contributed by atoms with van der Waals surface area (Å²) in [5.41, 5.74) is 3.67. The van der Waals surface area contributed by atoms with E-state index < -0.39 is 0 Å². The molecule has 0 saturated carbocycles. The maximum absolute atomic E-state index is 12.6. The number of hydrogen-bond acceptors (Lipinski definition) is 2. The Kier molecular flexibility index (Phi) is 2.85. The van der Waals surface area contributed by atoms with Crippen molar-refractivity contribution < 1.29 is 4.79 Å². The zero-order chi connectivity index (χ0) is 14.1. The fourth-order valence-electron chi connectivity index (χ4n) is 2.41. The largest absolute Gasteiger partial charge is 0.358 e. The quantitative estimate of drug-likeness (QED) is 0.716. The van der Waals surface area contributed by atoms with E-state index in [1.54, 1.807) is 24.3 Å². The number of ketones is 1. The first-order valence-corrected chi connectivity index (χ1v) is 6.33. The number of hydrogen-bond donors (Lipinski definition) is 1. The number of nitrogens with zero attached hydrogens (tertiary/aromatic N) is 1. The minimum absolute atomic E-state index is 0.0237. The summed E-state index contributed by atoms with van der Waals surface area (Å²) in [7, 11) is 0. The van der Waals surface area contributed by atoms with Crippen LogP contribution < -0.4 is 0 Å². The summed E-state index contributed by atoms with van der Waals surface area (Å²) in [6.07, 6.45) is 0. The molecule has 0 aliphatic rings. The summed E-state index contributed by atoms with van der Waals surface area (Å²) in [6.45, 7) is 1.90. The van der Waals surface area contributed by atoms with E-state index in [2.05, 4.69) is 11.1 Å². The Bertz CT molecular complexity index is 836. The van der Waals surface area contributed by atoms with Crippen molar-refractivity contribution in [2.75, 3.05) is 0 Å². The Hall–Kier alpha value is -2.86. The number of aryl methyl sites for hydroxylation is 1. The predicted octanol–water partition coefficient (Wildman–Crippen LogP) is 3.58. The summed E-state index contributed by atoms with van der Waals surface area (Å²) in [4.78, 5) is 15.9. The van der Waals surface area contributed by atoms with Crippen LogP contribution in [0.5, 0.6) is 0 Å². The maximum Gasteiger partial charge on any atom is 0.195 e. The van der Waals surface area contributed by atoms with Crippen LogP contribution in [-0.2, 0) is 0 Å². The Labute approximate surface area is 116 Å². The fraction of sp³-hybridized carbons (Fsp3) is 0.0588. The first kappa shape index (κ1) is 12.2. The normalized spacial score (nSPS) is 10.4. The highest BCUT2D eigenvalue weighted by molar-refractivity contribution is 6.17. The smallest absolute Gasteiger partial charge is 0.195 e. The molecule has 0 amide bonds. The van der Waals surface area contributed by atoms with Crippen molar-refractivity contribution in [2.24, 2.45) is 0 Å². The maximum atomic E-state index is 12.6. The SMILES string of the molecule is Cc1[nH]c2ccccc2c1C(=O)c1ccc(C#N)cc1. The monoisotopic (exact) mass is 260 g/mol. The average molecular weight is 260 g/mol. The number of carbonyl (C=O) groups excluding carboxylic acids is 1. The molecule has 3 heteroatoms. The highest BCUT2D eigenvalue weighted by atomic mass is 16.1. The van der Waals surface area contributed by atoms with Crippen molar-refractivity contribution in [3.05, 3.63) is 70.9 Å². The molecular weight excluding hydrogens is 248 g/mol. The van der Waals surface area contributed by atoms with Gasteiger partial charge in [0.25, 0.3) is 0 Å². The van der Waals surface area contributed by atoms with Gasteiger partial charge in [-0.3, -0.25) is 4.79 Å². The number of benzene rings is 2. The fourth-order valence-corrected chi connectivity index (χ4v) is 2.41. The number of aromatic amines is 1. The number of nitrogens with one attached hydrogen (secondary N) is 1. The molecule has 0 aliphatic carbocycles. The predicted molar refractivity (Wildman–Crippen MR) is 77.6 cm³/mol. The Balaban J connectivity index is 2.12. The summed E-state index contributed by atoms with van der Waals surface area (Å²) in [6, 6.07) is 16.5. The molecule has 3 aromatic rings. The third-order valence-corrected chi connectivity index (χ3v) is 3.40. The van der Waals surface area contributed by atoms with E-state index >= 15 is 0 Å². The number of aromatic nitrogens is 1. The average Bonchev–Trinajstić information content (AvgIpc) is 2.82. The third-order valence-electron chi connectivity index (χ3n) is 3.40. The van der Waals surface area contributed by atoms with Gasteiger partial charge in [-0.25, -0.2) is 0 Å². The standard InChI is InChI=1S/C17H12N2O/c1-11-16(14-4-2-3-5-15(14)19-11)17(20)13-8-6-12(10-18)7-9-13/h2-9,19H,1H3. The Morgan fingerprint density at radius 3 is 2.50 bits per heavy atom. The molecule has 20 heavy (non-hydrogen) atoms. The van der Waals surface area contributed by atoms with Gasteiger partial charge < -0.3 is 4.98 Å². The lowest BCUT2D eigenvalue weighted by Crippen LogP contribution is -2.02. The second-order valence-corrected chi connectivity index (χ2v) is 4.69. The van der Waals surface area contributed by atoms with Gasteiger partial charge in [0.1, 0.15) is 0 Å². The molecule has 0 aliphatic heterocycles. The zero-order valence-electron chi connectivity index (χ0n) is 11.0. The first-order valence-electron chi connectivity index (χ1n) is 6.33. The molecule has 0 radical (unpaired) electrons. The van der Waals surface area contributed by atoms with E-state index in [-0.39, 0.29) is 5.78 Å². The van der Waals surface area contributed by atoms with Crippen molar-refractivity contribution in [1.82, 2.24) is 4.98 Å². The summed E-state index contributed by atoms with van der Waals surface area (Å²) in [5, 5.41) is 9.73. The number of rotatable bonds is 2. The van der Waals surface area contributed by atoms with Crippen LogP contribution in [0.4, 0.5) is 0 Å². The van der Waals surface area contributed by atoms with Gasteiger partial charge in [0.2, 0.25) is 0 Å². The van der Waals surface area contributed by atoms with Gasteiger partial charge in [-0.1, -0.05) is 18.2 Å². The van der Waals surface area contributed by atoms with Gasteiger partial charge in [-0.05, 0) is 37.3 Å². The molecule has 1 N–H and O–H groups in total. The van der Waals surface area contributed by atoms with Crippen LogP contribution in [0.2, 0.25) is 0 Å². The molecular formula is C17H12N2O. The molecule has 0 atom stereocenters. The highest BCUT2D eigenvalue weighted by Gasteiger charge is 2.17. The van der Waals surface area contributed by atoms with Gasteiger partial charge >= 0.3 is 0 Å². The number of para-hydroxylation sites is 1. The summed E-state index contributed by atoms with van der Waals surface area (Å²) < 4.78 is 0. The van der Waals surface area contributed by atoms with Crippen LogP contribution in [0.25, 0.3) is 10.9 Å². The minimum atomic E-state index is -0.0237. The van der Waals surface area contributed by atoms with Gasteiger partial charge in [-0.2, -0.15) is 5.26 Å². The molecule has 1 aromatic heterocycles. The lowest BCUT2D eigenvalue weighted by molar-refractivity contribution is 0.104. The number of fused-ring (bicyclic) bond motifs is 1.